The van der Waals surface area contributed by atoms with Crippen molar-refractivity contribution in [1.29, 1.82) is 0 Å². The molecular formula is C21H23N. The molecule has 3 aliphatic rings. The number of piperidine rings is 3. The van der Waals surface area contributed by atoms with Crippen molar-refractivity contribution in [3.05, 3.63) is 77.9 Å². The molecule has 1 heteroatoms. The van der Waals surface area contributed by atoms with Crippen molar-refractivity contribution < 1.29 is 0 Å². The van der Waals surface area contributed by atoms with Gasteiger partial charge in [0, 0.05) is 6.54 Å². The Kier molecular flexibility index (Phi) is 3.82. The first-order chi connectivity index (χ1) is 10.9. The second-order valence-electron chi connectivity index (χ2n) is 6.61. The average Bonchev–Trinajstić information content (AvgIpc) is 2.62. The van der Waals surface area contributed by atoms with E-state index in [2.05, 4.69) is 71.6 Å². The minimum atomic E-state index is 0.706. The molecule has 0 spiro atoms. The molecular weight excluding hydrogens is 266 g/mol. The Labute approximate surface area is 133 Å². The summed E-state index contributed by atoms with van der Waals surface area (Å²) < 4.78 is 0. The highest BCUT2D eigenvalue weighted by Gasteiger charge is 2.33. The van der Waals surface area contributed by atoms with Crippen LogP contribution in [0.2, 0.25) is 0 Å². The van der Waals surface area contributed by atoms with Crippen LogP contribution in [0.15, 0.2) is 66.7 Å². The molecule has 0 aliphatic carbocycles. The van der Waals surface area contributed by atoms with Gasteiger partial charge in [-0.2, -0.15) is 0 Å². The lowest BCUT2D eigenvalue weighted by Gasteiger charge is -2.44. The van der Waals surface area contributed by atoms with Gasteiger partial charge in [-0.1, -0.05) is 66.7 Å². The van der Waals surface area contributed by atoms with Gasteiger partial charge >= 0.3 is 0 Å². The van der Waals surface area contributed by atoms with Gasteiger partial charge in [0.25, 0.3) is 0 Å². The van der Waals surface area contributed by atoms with Crippen LogP contribution in [0.3, 0.4) is 0 Å². The lowest BCUT2D eigenvalue weighted by atomic mass is 9.77. The monoisotopic (exact) mass is 289 g/mol. The van der Waals surface area contributed by atoms with Gasteiger partial charge in [-0.15, -0.1) is 0 Å². The van der Waals surface area contributed by atoms with Gasteiger partial charge < -0.3 is 4.90 Å². The Morgan fingerprint density at radius 1 is 0.818 bits per heavy atom. The maximum Gasteiger partial charge on any atom is 0.00473 e. The van der Waals surface area contributed by atoms with Crippen LogP contribution in [0.4, 0.5) is 0 Å². The van der Waals surface area contributed by atoms with Crippen LogP contribution in [0.5, 0.6) is 0 Å². The molecule has 1 atom stereocenters. The summed E-state index contributed by atoms with van der Waals surface area (Å²) in [6, 6.07) is 21.7. The molecule has 2 aromatic rings. The summed E-state index contributed by atoms with van der Waals surface area (Å²) in [6.07, 6.45) is 5.30. The van der Waals surface area contributed by atoms with E-state index in [1.807, 2.05) is 0 Å². The standard InChI is InChI=1S/C21H23N/c1-3-7-18(8-4-1)21(19-9-5-2-6-10-19)15-20-16-22-13-11-17(20)12-14-22/h1-10,15,17,20H,11-14,16H2. The second-order valence-corrected chi connectivity index (χ2v) is 6.61. The lowest BCUT2D eigenvalue weighted by Crippen LogP contribution is -2.46. The number of hydrogen-bond donors (Lipinski definition) is 0. The zero-order chi connectivity index (χ0) is 14.8. The summed E-state index contributed by atoms with van der Waals surface area (Å²) in [6.45, 7) is 3.86. The minimum Gasteiger partial charge on any atom is -0.303 e. The quantitative estimate of drug-likeness (QED) is 0.806. The summed E-state index contributed by atoms with van der Waals surface area (Å²) in [5.41, 5.74) is 4.08. The van der Waals surface area contributed by atoms with Crippen molar-refractivity contribution in [3.8, 4) is 0 Å². The van der Waals surface area contributed by atoms with Crippen LogP contribution in [0.25, 0.3) is 5.57 Å². The number of fused-ring (bicyclic) bond motifs is 3. The molecule has 3 saturated heterocycles. The smallest absolute Gasteiger partial charge is 0.00473 e. The summed E-state index contributed by atoms with van der Waals surface area (Å²) in [4.78, 5) is 2.63. The summed E-state index contributed by atoms with van der Waals surface area (Å²) in [5, 5.41) is 0. The molecule has 3 fully saturated rings. The number of benzene rings is 2. The van der Waals surface area contributed by atoms with Crippen molar-refractivity contribution in [1.82, 2.24) is 4.90 Å². The predicted octanol–water partition coefficient (Wildman–Crippen LogP) is 4.46. The Balaban J connectivity index is 1.73. The van der Waals surface area contributed by atoms with Crippen molar-refractivity contribution in [3.63, 3.8) is 0 Å². The van der Waals surface area contributed by atoms with Gasteiger partial charge in [-0.05, 0) is 54.5 Å². The maximum atomic E-state index is 2.63. The minimum absolute atomic E-state index is 0.706. The number of hydrogen-bond acceptors (Lipinski definition) is 1. The van der Waals surface area contributed by atoms with Crippen molar-refractivity contribution >= 4 is 5.57 Å². The molecule has 3 aliphatic heterocycles. The average molecular weight is 289 g/mol. The van der Waals surface area contributed by atoms with E-state index >= 15 is 0 Å². The Bertz CT molecular complexity index is 595. The highest BCUT2D eigenvalue weighted by molar-refractivity contribution is 5.79. The molecule has 22 heavy (non-hydrogen) atoms. The first kappa shape index (κ1) is 13.8. The van der Waals surface area contributed by atoms with Crippen LogP contribution in [0, 0.1) is 11.8 Å². The summed E-state index contributed by atoms with van der Waals surface area (Å²) in [7, 11) is 0. The lowest BCUT2D eigenvalue weighted by molar-refractivity contribution is 0.0738. The van der Waals surface area contributed by atoms with Gasteiger partial charge in [0.1, 0.15) is 0 Å². The third kappa shape index (κ3) is 2.74. The molecule has 1 nitrogen and oxygen atoms in total. The van der Waals surface area contributed by atoms with Gasteiger partial charge in [-0.25, -0.2) is 0 Å². The molecule has 0 aromatic heterocycles. The Morgan fingerprint density at radius 2 is 1.36 bits per heavy atom. The van der Waals surface area contributed by atoms with E-state index in [0.717, 1.165) is 5.92 Å². The van der Waals surface area contributed by atoms with Crippen LogP contribution in [-0.2, 0) is 0 Å². The molecule has 0 radical (unpaired) electrons. The largest absolute Gasteiger partial charge is 0.303 e. The van der Waals surface area contributed by atoms with Crippen molar-refractivity contribution in [2.24, 2.45) is 11.8 Å². The third-order valence-electron chi connectivity index (χ3n) is 5.26. The van der Waals surface area contributed by atoms with E-state index in [4.69, 9.17) is 0 Å². The fraction of sp³-hybridized carbons (Fsp3) is 0.333. The SMILES string of the molecule is C(=C(c1ccccc1)c1ccccc1)C1CN2CCC1CC2. The number of rotatable bonds is 3. The van der Waals surface area contributed by atoms with Crippen LogP contribution < -0.4 is 0 Å². The first-order valence-corrected chi connectivity index (χ1v) is 8.45. The van der Waals surface area contributed by atoms with Gasteiger partial charge in [0.2, 0.25) is 0 Å². The highest BCUT2D eigenvalue weighted by Crippen LogP contribution is 2.36. The van der Waals surface area contributed by atoms with E-state index < -0.39 is 0 Å². The van der Waals surface area contributed by atoms with Crippen molar-refractivity contribution in [2.75, 3.05) is 19.6 Å². The van der Waals surface area contributed by atoms with E-state index in [-0.39, 0.29) is 0 Å². The third-order valence-corrected chi connectivity index (χ3v) is 5.26. The molecule has 3 heterocycles. The van der Waals surface area contributed by atoms with E-state index in [0.29, 0.717) is 5.92 Å². The molecule has 0 N–H and O–H groups in total. The molecule has 0 amide bonds. The topological polar surface area (TPSA) is 3.24 Å². The second kappa shape index (κ2) is 6.10. The maximum absolute atomic E-state index is 2.63. The normalized spacial score (nSPS) is 26.6. The van der Waals surface area contributed by atoms with Crippen LogP contribution >= 0.6 is 0 Å². The zero-order valence-corrected chi connectivity index (χ0v) is 13.0. The zero-order valence-electron chi connectivity index (χ0n) is 13.0. The Morgan fingerprint density at radius 3 is 1.82 bits per heavy atom. The molecule has 2 aromatic carbocycles. The fourth-order valence-electron chi connectivity index (χ4n) is 4.01. The molecule has 112 valence electrons. The van der Waals surface area contributed by atoms with Crippen molar-refractivity contribution in [2.45, 2.75) is 12.8 Å². The van der Waals surface area contributed by atoms with Gasteiger partial charge in [-0.3, -0.25) is 0 Å². The van der Waals surface area contributed by atoms with Gasteiger partial charge in [0.15, 0.2) is 0 Å². The molecule has 0 saturated carbocycles. The van der Waals surface area contributed by atoms with Gasteiger partial charge in [0.05, 0.1) is 0 Å². The van der Waals surface area contributed by atoms with Crippen LogP contribution in [0.1, 0.15) is 24.0 Å². The number of nitrogens with zero attached hydrogens (tertiary/aromatic N) is 1. The Hall–Kier alpha value is -1.86. The molecule has 1 unspecified atom stereocenters. The molecule has 5 rings (SSSR count). The van der Waals surface area contributed by atoms with E-state index in [1.165, 1.54) is 49.2 Å². The van der Waals surface area contributed by atoms with E-state index in [9.17, 15) is 0 Å². The van der Waals surface area contributed by atoms with Crippen LogP contribution in [-0.4, -0.2) is 24.5 Å². The highest BCUT2D eigenvalue weighted by atomic mass is 15.1. The summed E-state index contributed by atoms with van der Waals surface area (Å²) >= 11 is 0. The fourth-order valence-corrected chi connectivity index (χ4v) is 4.01. The first-order valence-electron chi connectivity index (χ1n) is 8.45. The van der Waals surface area contributed by atoms with E-state index in [1.54, 1.807) is 0 Å². The summed E-state index contributed by atoms with van der Waals surface area (Å²) in [5.74, 6) is 1.59. The molecule has 2 bridgehead atoms. The predicted molar refractivity (Wildman–Crippen MR) is 92.6 cm³/mol.